The average molecular weight is 237 g/mol. The van der Waals surface area contributed by atoms with Crippen molar-refractivity contribution in [3.8, 4) is 0 Å². The van der Waals surface area contributed by atoms with E-state index in [1.54, 1.807) is 0 Å². The molecule has 2 nitrogen and oxygen atoms in total. The fourth-order valence-corrected chi connectivity index (χ4v) is 1.70. The number of piperidine rings is 1. The summed E-state index contributed by atoms with van der Waals surface area (Å²) in [5.74, 6) is 0. The molecule has 0 bridgehead atoms. The molecule has 0 radical (unpaired) electrons. The summed E-state index contributed by atoms with van der Waals surface area (Å²) >= 11 is 0. The first-order chi connectivity index (χ1) is 7.24. The van der Waals surface area contributed by atoms with E-state index in [4.69, 9.17) is 0 Å². The minimum Gasteiger partial charge on any atom is -0.380 e. The first-order valence-corrected chi connectivity index (χ1v) is 5.39. The van der Waals surface area contributed by atoms with Crippen molar-refractivity contribution in [3.05, 3.63) is 11.6 Å². The molecule has 1 heterocycles. The van der Waals surface area contributed by atoms with Crippen LogP contribution >= 0.6 is 0 Å². The van der Waals surface area contributed by atoms with Crippen molar-refractivity contribution in [1.29, 1.82) is 0 Å². The Labute approximate surface area is 93.7 Å². The third kappa shape index (κ3) is 3.22. The first-order valence-electron chi connectivity index (χ1n) is 5.39. The maximum absolute atomic E-state index is 12.5. The monoisotopic (exact) mass is 237 g/mol. The van der Waals surface area contributed by atoms with Crippen LogP contribution < -0.4 is 0 Å². The van der Waals surface area contributed by atoms with Crippen LogP contribution in [0.25, 0.3) is 0 Å². The van der Waals surface area contributed by atoms with E-state index in [1.165, 1.54) is 0 Å². The third-order valence-electron chi connectivity index (χ3n) is 2.97. The molecular weight excluding hydrogens is 219 g/mol. The summed E-state index contributed by atoms with van der Waals surface area (Å²) in [7, 11) is 0. The molecule has 1 fully saturated rings. The molecule has 1 aliphatic rings. The Morgan fingerprint density at radius 2 is 1.81 bits per heavy atom. The predicted octanol–water partition coefficient (Wildman–Crippen LogP) is 2.34. The van der Waals surface area contributed by atoms with E-state index in [1.807, 2.05) is 24.8 Å². The highest BCUT2D eigenvalue weighted by atomic mass is 19.4. The van der Waals surface area contributed by atoms with Crippen LogP contribution in [0, 0.1) is 0 Å². The van der Waals surface area contributed by atoms with E-state index < -0.39 is 11.8 Å². The molecule has 1 N–H and O–H groups in total. The van der Waals surface area contributed by atoms with Gasteiger partial charge in [0.25, 0.3) is 0 Å². The number of rotatable bonds is 2. The number of hydrogen-bond donors (Lipinski definition) is 1. The van der Waals surface area contributed by atoms with Crippen LogP contribution in [0.5, 0.6) is 0 Å². The molecule has 1 saturated heterocycles. The molecule has 5 heteroatoms. The Balaban J connectivity index is 2.48. The van der Waals surface area contributed by atoms with E-state index in [2.05, 4.69) is 0 Å². The smallest absolute Gasteiger partial charge is 0.380 e. The van der Waals surface area contributed by atoms with Gasteiger partial charge in [0.05, 0.1) is 0 Å². The number of aliphatic hydroxyl groups is 1. The maximum Gasteiger partial charge on any atom is 0.417 e. The summed E-state index contributed by atoms with van der Waals surface area (Å²) in [5, 5.41) is 9.44. The second kappa shape index (κ2) is 4.75. The van der Waals surface area contributed by atoms with Gasteiger partial charge in [0.15, 0.2) is 5.60 Å². The Morgan fingerprint density at radius 1 is 1.31 bits per heavy atom. The van der Waals surface area contributed by atoms with Crippen molar-refractivity contribution in [2.75, 3.05) is 19.6 Å². The second-order valence-electron chi connectivity index (χ2n) is 4.61. The van der Waals surface area contributed by atoms with E-state index in [0.717, 1.165) is 5.57 Å². The number of halogens is 3. The fraction of sp³-hybridized carbons (Fsp3) is 0.818. The zero-order chi connectivity index (χ0) is 12.4. The van der Waals surface area contributed by atoms with Gasteiger partial charge in [0.1, 0.15) is 0 Å². The summed E-state index contributed by atoms with van der Waals surface area (Å²) in [4.78, 5) is 1.92. The molecule has 0 unspecified atom stereocenters. The molecule has 0 aromatic rings. The van der Waals surface area contributed by atoms with Crippen LogP contribution in [0.1, 0.15) is 26.7 Å². The van der Waals surface area contributed by atoms with Crippen molar-refractivity contribution in [1.82, 2.24) is 4.90 Å². The largest absolute Gasteiger partial charge is 0.417 e. The van der Waals surface area contributed by atoms with Crippen LogP contribution in [-0.2, 0) is 0 Å². The first kappa shape index (κ1) is 13.5. The molecule has 16 heavy (non-hydrogen) atoms. The van der Waals surface area contributed by atoms with Crippen molar-refractivity contribution in [2.45, 2.75) is 38.5 Å². The van der Waals surface area contributed by atoms with Gasteiger partial charge < -0.3 is 5.11 Å². The quantitative estimate of drug-likeness (QED) is 0.745. The van der Waals surface area contributed by atoms with Crippen LogP contribution in [0.2, 0.25) is 0 Å². The van der Waals surface area contributed by atoms with E-state index in [-0.39, 0.29) is 12.8 Å². The average Bonchev–Trinajstić information content (AvgIpc) is 2.15. The molecular formula is C11H18F3NO. The van der Waals surface area contributed by atoms with E-state index in [0.29, 0.717) is 19.6 Å². The van der Waals surface area contributed by atoms with Gasteiger partial charge in [-0.3, -0.25) is 4.90 Å². The molecule has 0 atom stereocenters. The molecule has 0 aromatic heterocycles. The number of alkyl halides is 3. The van der Waals surface area contributed by atoms with Gasteiger partial charge >= 0.3 is 6.18 Å². The number of nitrogens with zero attached hydrogens (tertiary/aromatic N) is 1. The van der Waals surface area contributed by atoms with Crippen LogP contribution in [0.4, 0.5) is 13.2 Å². The van der Waals surface area contributed by atoms with Gasteiger partial charge in [0, 0.05) is 19.6 Å². The van der Waals surface area contributed by atoms with Crippen molar-refractivity contribution >= 4 is 0 Å². The SMILES string of the molecule is CC(C)=CCN1CCC(O)(C(F)(F)F)CC1. The highest BCUT2D eigenvalue weighted by molar-refractivity contribution is 4.98. The molecule has 0 saturated carbocycles. The molecule has 1 rings (SSSR count). The second-order valence-corrected chi connectivity index (χ2v) is 4.61. The van der Waals surface area contributed by atoms with Gasteiger partial charge in [-0.05, 0) is 26.7 Å². The standard InChI is InChI=1S/C11H18F3NO/c1-9(2)3-6-15-7-4-10(16,5-8-15)11(12,13)14/h3,16H,4-8H2,1-2H3. The summed E-state index contributed by atoms with van der Waals surface area (Å²) in [6.45, 7) is 5.15. The highest BCUT2D eigenvalue weighted by Crippen LogP contribution is 2.38. The lowest BCUT2D eigenvalue weighted by molar-refractivity contribution is -0.272. The minimum absolute atomic E-state index is 0.229. The van der Waals surface area contributed by atoms with Crippen molar-refractivity contribution in [3.63, 3.8) is 0 Å². The molecule has 1 aliphatic heterocycles. The summed E-state index contributed by atoms with van der Waals surface area (Å²) in [6.07, 6.45) is -2.98. The Hall–Kier alpha value is -0.550. The van der Waals surface area contributed by atoms with Gasteiger partial charge in [0.2, 0.25) is 0 Å². The Bertz CT molecular complexity index is 261. The van der Waals surface area contributed by atoms with Gasteiger partial charge in [-0.1, -0.05) is 11.6 Å². The third-order valence-corrected chi connectivity index (χ3v) is 2.97. The Morgan fingerprint density at radius 3 is 2.19 bits per heavy atom. The molecule has 0 aliphatic carbocycles. The Kier molecular flexibility index (Phi) is 4.02. The lowest BCUT2D eigenvalue weighted by Gasteiger charge is -2.38. The minimum atomic E-state index is -4.50. The summed E-state index contributed by atoms with van der Waals surface area (Å²) in [6, 6.07) is 0. The normalized spacial score (nSPS) is 21.9. The summed E-state index contributed by atoms with van der Waals surface area (Å²) in [5.41, 5.74) is -1.33. The van der Waals surface area contributed by atoms with E-state index in [9.17, 15) is 18.3 Å². The molecule has 94 valence electrons. The highest BCUT2D eigenvalue weighted by Gasteiger charge is 2.54. The lowest BCUT2D eigenvalue weighted by Crippen LogP contribution is -2.53. The summed E-state index contributed by atoms with van der Waals surface area (Å²) < 4.78 is 37.5. The van der Waals surface area contributed by atoms with Crippen molar-refractivity contribution in [2.24, 2.45) is 0 Å². The van der Waals surface area contributed by atoms with Crippen LogP contribution in [0.15, 0.2) is 11.6 Å². The maximum atomic E-state index is 12.5. The topological polar surface area (TPSA) is 23.5 Å². The van der Waals surface area contributed by atoms with Crippen LogP contribution in [-0.4, -0.2) is 41.4 Å². The number of likely N-dealkylation sites (tertiary alicyclic amines) is 1. The molecule has 0 spiro atoms. The number of hydrogen-bond acceptors (Lipinski definition) is 2. The zero-order valence-corrected chi connectivity index (χ0v) is 9.64. The molecule has 0 aromatic carbocycles. The van der Waals surface area contributed by atoms with Crippen molar-refractivity contribution < 1.29 is 18.3 Å². The van der Waals surface area contributed by atoms with Gasteiger partial charge in [-0.25, -0.2) is 0 Å². The zero-order valence-electron chi connectivity index (χ0n) is 9.64. The predicted molar refractivity (Wildman–Crippen MR) is 56.1 cm³/mol. The molecule has 0 amide bonds. The lowest BCUT2D eigenvalue weighted by atomic mass is 9.91. The number of allylic oxidation sites excluding steroid dienone is 1. The van der Waals surface area contributed by atoms with Gasteiger partial charge in [-0.2, -0.15) is 13.2 Å². The fourth-order valence-electron chi connectivity index (χ4n) is 1.70. The van der Waals surface area contributed by atoms with E-state index >= 15 is 0 Å². The van der Waals surface area contributed by atoms with Gasteiger partial charge in [-0.15, -0.1) is 0 Å². The van der Waals surface area contributed by atoms with Crippen LogP contribution in [0.3, 0.4) is 0 Å².